The maximum atomic E-state index is 12.7. The molecule has 28 heavy (non-hydrogen) atoms. The third-order valence-corrected chi connectivity index (χ3v) is 4.62. The molecule has 0 unspecified atom stereocenters. The van der Waals surface area contributed by atoms with Gasteiger partial charge in [0.1, 0.15) is 0 Å². The molecule has 2 heterocycles. The van der Waals surface area contributed by atoms with Crippen molar-refractivity contribution in [3.63, 3.8) is 0 Å². The van der Waals surface area contributed by atoms with E-state index in [1.807, 2.05) is 26.0 Å². The SMILES string of the molecule is CC(C)N(Cc1nnc(-c2ccccc2Cl)o1)C(=O)CCn1ccccc1=O. The summed E-state index contributed by atoms with van der Waals surface area (Å²) in [6.07, 6.45) is 1.87. The number of pyridine rings is 1. The second-order valence-corrected chi connectivity index (χ2v) is 6.99. The first-order chi connectivity index (χ1) is 13.5. The predicted molar refractivity (Wildman–Crippen MR) is 106 cm³/mol. The minimum absolute atomic E-state index is 0.0596. The van der Waals surface area contributed by atoms with Gasteiger partial charge in [0.2, 0.25) is 17.7 Å². The minimum Gasteiger partial charge on any atom is -0.419 e. The van der Waals surface area contributed by atoms with E-state index in [1.165, 1.54) is 10.6 Å². The van der Waals surface area contributed by atoms with Crippen molar-refractivity contribution in [2.24, 2.45) is 0 Å². The van der Waals surface area contributed by atoms with Crippen LogP contribution in [0, 0.1) is 0 Å². The van der Waals surface area contributed by atoms with E-state index in [4.69, 9.17) is 16.0 Å². The highest BCUT2D eigenvalue weighted by molar-refractivity contribution is 6.33. The summed E-state index contributed by atoms with van der Waals surface area (Å²) in [5.74, 6) is 0.546. The second kappa shape index (κ2) is 8.84. The van der Waals surface area contributed by atoms with Gasteiger partial charge in [-0.15, -0.1) is 10.2 Å². The average molecular weight is 401 g/mol. The number of carbonyl (C=O) groups excluding carboxylic acids is 1. The number of hydrogen-bond acceptors (Lipinski definition) is 5. The van der Waals surface area contributed by atoms with Gasteiger partial charge in [0.15, 0.2) is 0 Å². The van der Waals surface area contributed by atoms with Crippen LogP contribution in [-0.4, -0.2) is 31.6 Å². The fourth-order valence-corrected chi connectivity index (χ4v) is 2.99. The maximum absolute atomic E-state index is 12.7. The fraction of sp³-hybridized carbons (Fsp3) is 0.300. The highest BCUT2D eigenvalue weighted by Crippen LogP contribution is 2.26. The smallest absolute Gasteiger partial charge is 0.250 e. The molecule has 7 nitrogen and oxygen atoms in total. The van der Waals surface area contributed by atoms with Crippen molar-refractivity contribution in [1.82, 2.24) is 19.7 Å². The minimum atomic E-state index is -0.132. The molecule has 0 bridgehead atoms. The molecule has 0 aliphatic rings. The molecule has 3 aromatic rings. The van der Waals surface area contributed by atoms with Gasteiger partial charge in [0.05, 0.1) is 17.1 Å². The number of halogens is 1. The first-order valence-corrected chi connectivity index (χ1v) is 9.35. The van der Waals surface area contributed by atoms with Crippen LogP contribution >= 0.6 is 11.6 Å². The van der Waals surface area contributed by atoms with Gasteiger partial charge in [-0.1, -0.05) is 29.8 Å². The highest BCUT2D eigenvalue weighted by Gasteiger charge is 2.21. The lowest BCUT2D eigenvalue weighted by Crippen LogP contribution is -2.37. The lowest BCUT2D eigenvalue weighted by Gasteiger charge is -2.25. The van der Waals surface area contributed by atoms with Crippen LogP contribution in [0.3, 0.4) is 0 Å². The molecule has 0 aliphatic carbocycles. The normalized spacial score (nSPS) is 11.0. The van der Waals surface area contributed by atoms with Crippen molar-refractivity contribution < 1.29 is 9.21 Å². The zero-order chi connectivity index (χ0) is 20.1. The fourth-order valence-electron chi connectivity index (χ4n) is 2.77. The van der Waals surface area contributed by atoms with Crippen LogP contribution in [0.4, 0.5) is 0 Å². The lowest BCUT2D eigenvalue weighted by molar-refractivity contribution is -0.134. The Morgan fingerprint density at radius 2 is 1.93 bits per heavy atom. The van der Waals surface area contributed by atoms with E-state index in [-0.39, 0.29) is 30.5 Å². The second-order valence-electron chi connectivity index (χ2n) is 6.58. The van der Waals surface area contributed by atoms with E-state index < -0.39 is 0 Å². The molecule has 0 atom stereocenters. The van der Waals surface area contributed by atoms with Gasteiger partial charge in [-0.3, -0.25) is 9.59 Å². The van der Waals surface area contributed by atoms with Gasteiger partial charge >= 0.3 is 0 Å². The largest absolute Gasteiger partial charge is 0.419 e. The molecule has 3 rings (SSSR count). The summed E-state index contributed by atoms with van der Waals surface area (Å²) in [5.41, 5.74) is 0.515. The van der Waals surface area contributed by atoms with Crippen LogP contribution in [0.5, 0.6) is 0 Å². The number of carbonyl (C=O) groups is 1. The van der Waals surface area contributed by atoms with E-state index in [0.29, 0.717) is 28.9 Å². The summed E-state index contributed by atoms with van der Waals surface area (Å²) in [6, 6.07) is 12.0. The average Bonchev–Trinajstić information content (AvgIpc) is 3.14. The molecule has 0 saturated heterocycles. The molecule has 1 amide bonds. The number of rotatable bonds is 7. The summed E-state index contributed by atoms with van der Waals surface area (Å²) in [5, 5.41) is 8.60. The summed E-state index contributed by atoms with van der Waals surface area (Å²) >= 11 is 6.17. The van der Waals surface area contributed by atoms with Crippen molar-refractivity contribution in [1.29, 1.82) is 0 Å². The van der Waals surface area contributed by atoms with Crippen LogP contribution < -0.4 is 5.56 Å². The number of aromatic nitrogens is 3. The summed E-state index contributed by atoms with van der Waals surface area (Å²) in [7, 11) is 0. The van der Waals surface area contributed by atoms with Crippen LogP contribution in [0.15, 0.2) is 57.9 Å². The zero-order valence-corrected chi connectivity index (χ0v) is 16.5. The van der Waals surface area contributed by atoms with E-state index >= 15 is 0 Å². The Labute approximate surface area is 167 Å². The molecular formula is C20H21ClN4O3. The molecule has 0 spiro atoms. The standard InChI is InChI=1S/C20H21ClN4O3/c1-14(2)25(19(27)10-12-24-11-6-5-9-18(24)26)13-17-22-23-20(28-17)15-7-3-4-8-16(15)21/h3-9,11,14H,10,12-13H2,1-2H3. The maximum Gasteiger partial charge on any atom is 0.250 e. The molecule has 0 aliphatic heterocycles. The quantitative estimate of drug-likeness (QED) is 0.607. The van der Waals surface area contributed by atoms with Gasteiger partial charge in [-0.25, -0.2) is 0 Å². The third-order valence-electron chi connectivity index (χ3n) is 4.29. The van der Waals surface area contributed by atoms with Crippen molar-refractivity contribution >= 4 is 17.5 Å². The first-order valence-electron chi connectivity index (χ1n) is 8.98. The van der Waals surface area contributed by atoms with Gasteiger partial charge in [0, 0.05) is 31.3 Å². The Morgan fingerprint density at radius 3 is 2.64 bits per heavy atom. The number of nitrogens with zero attached hydrogens (tertiary/aromatic N) is 4. The molecule has 1 aromatic carbocycles. The number of hydrogen-bond donors (Lipinski definition) is 0. The Kier molecular flexibility index (Phi) is 6.26. The topological polar surface area (TPSA) is 81.2 Å². The molecule has 0 saturated carbocycles. The Balaban J connectivity index is 1.69. The molecule has 0 fully saturated rings. The number of amides is 1. The van der Waals surface area contributed by atoms with Gasteiger partial charge in [-0.2, -0.15) is 0 Å². The monoisotopic (exact) mass is 400 g/mol. The zero-order valence-electron chi connectivity index (χ0n) is 15.7. The van der Waals surface area contributed by atoms with Crippen molar-refractivity contribution in [3.05, 3.63) is 69.9 Å². The molecule has 146 valence electrons. The van der Waals surface area contributed by atoms with Gasteiger partial charge in [-0.05, 0) is 32.0 Å². The summed E-state index contributed by atoms with van der Waals surface area (Å²) in [4.78, 5) is 26.1. The Hall–Kier alpha value is -2.93. The highest BCUT2D eigenvalue weighted by atomic mass is 35.5. The van der Waals surface area contributed by atoms with Crippen molar-refractivity contribution in [3.8, 4) is 11.5 Å². The lowest BCUT2D eigenvalue weighted by atomic mass is 10.2. The van der Waals surface area contributed by atoms with Crippen LogP contribution in [0.25, 0.3) is 11.5 Å². The van der Waals surface area contributed by atoms with Crippen molar-refractivity contribution in [2.45, 2.75) is 39.4 Å². The number of benzene rings is 1. The predicted octanol–water partition coefficient (Wildman–Crippen LogP) is 3.38. The van der Waals surface area contributed by atoms with E-state index in [9.17, 15) is 9.59 Å². The Morgan fingerprint density at radius 1 is 1.18 bits per heavy atom. The molecule has 2 aromatic heterocycles. The molecule has 8 heteroatoms. The summed E-state index contributed by atoms with van der Waals surface area (Å²) < 4.78 is 7.22. The summed E-state index contributed by atoms with van der Waals surface area (Å²) in [6.45, 7) is 4.34. The van der Waals surface area contributed by atoms with E-state index in [1.54, 1.807) is 35.4 Å². The van der Waals surface area contributed by atoms with Crippen LogP contribution in [0.2, 0.25) is 5.02 Å². The van der Waals surface area contributed by atoms with Crippen LogP contribution in [0.1, 0.15) is 26.2 Å². The third kappa shape index (κ3) is 4.67. The Bertz CT molecular complexity index is 1010. The van der Waals surface area contributed by atoms with Gasteiger partial charge in [0.25, 0.3) is 5.56 Å². The van der Waals surface area contributed by atoms with Gasteiger partial charge < -0.3 is 13.9 Å². The van der Waals surface area contributed by atoms with Crippen molar-refractivity contribution in [2.75, 3.05) is 0 Å². The first kappa shape index (κ1) is 19.8. The van der Waals surface area contributed by atoms with Crippen LogP contribution in [-0.2, 0) is 17.9 Å². The number of aryl methyl sites for hydroxylation is 1. The molecular weight excluding hydrogens is 380 g/mol. The van der Waals surface area contributed by atoms with E-state index in [2.05, 4.69) is 10.2 Å². The van der Waals surface area contributed by atoms with E-state index in [0.717, 1.165) is 0 Å². The molecule has 0 N–H and O–H groups in total. The molecule has 0 radical (unpaired) electrons.